The molecule has 0 aliphatic rings. The molecular formula is C10H15ClF2N2O2S. The van der Waals surface area contributed by atoms with Crippen molar-refractivity contribution < 1.29 is 17.2 Å². The number of sulfonamides is 1. The van der Waals surface area contributed by atoms with Crippen LogP contribution in [0.3, 0.4) is 0 Å². The number of hydrogen-bond acceptors (Lipinski definition) is 3. The van der Waals surface area contributed by atoms with Crippen molar-refractivity contribution in [1.82, 2.24) is 4.72 Å². The van der Waals surface area contributed by atoms with E-state index in [0.29, 0.717) is 19.0 Å². The molecule has 4 nitrogen and oxygen atoms in total. The van der Waals surface area contributed by atoms with E-state index in [1.165, 1.54) is 6.92 Å². The fraction of sp³-hybridized carbons (Fsp3) is 0.400. The molecular weight excluding hydrogens is 286 g/mol. The van der Waals surface area contributed by atoms with Gasteiger partial charge in [-0.3, -0.25) is 0 Å². The lowest BCUT2D eigenvalue weighted by molar-refractivity contribution is 0.539. The molecule has 0 aromatic heterocycles. The molecule has 8 heteroatoms. The van der Waals surface area contributed by atoms with Gasteiger partial charge in [-0.15, -0.1) is 12.4 Å². The van der Waals surface area contributed by atoms with E-state index in [9.17, 15) is 17.2 Å². The highest BCUT2D eigenvalue weighted by Gasteiger charge is 2.20. The summed E-state index contributed by atoms with van der Waals surface area (Å²) < 4.78 is 51.9. The Morgan fingerprint density at radius 3 is 2.44 bits per heavy atom. The SMILES string of the molecule is Cc1cc(S(=O)(=O)NCCCN)c(F)cc1F.Cl. The third-order valence-corrected chi connectivity index (χ3v) is 3.65. The summed E-state index contributed by atoms with van der Waals surface area (Å²) in [6.45, 7) is 1.82. The van der Waals surface area contributed by atoms with Gasteiger partial charge in [-0.05, 0) is 31.5 Å². The van der Waals surface area contributed by atoms with Crippen LogP contribution in [0.2, 0.25) is 0 Å². The van der Waals surface area contributed by atoms with E-state index < -0.39 is 26.6 Å². The summed E-state index contributed by atoms with van der Waals surface area (Å²) in [4.78, 5) is -0.548. The maximum atomic E-state index is 13.4. The Labute approximate surface area is 111 Å². The largest absolute Gasteiger partial charge is 0.330 e. The summed E-state index contributed by atoms with van der Waals surface area (Å²) in [7, 11) is -3.95. The number of halogens is 3. The van der Waals surface area contributed by atoms with Crippen molar-refractivity contribution in [3.63, 3.8) is 0 Å². The van der Waals surface area contributed by atoms with Gasteiger partial charge in [-0.25, -0.2) is 21.9 Å². The van der Waals surface area contributed by atoms with Gasteiger partial charge in [0.2, 0.25) is 10.0 Å². The van der Waals surface area contributed by atoms with Gasteiger partial charge in [0.25, 0.3) is 0 Å². The topological polar surface area (TPSA) is 72.2 Å². The fourth-order valence-electron chi connectivity index (χ4n) is 1.22. The highest BCUT2D eigenvalue weighted by atomic mass is 35.5. The van der Waals surface area contributed by atoms with Gasteiger partial charge in [0.15, 0.2) is 0 Å². The minimum atomic E-state index is -3.95. The molecule has 1 rings (SSSR count). The molecule has 0 spiro atoms. The number of hydrogen-bond donors (Lipinski definition) is 2. The van der Waals surface area contributed by atoms with Crippen molar-refractivity contribution in [1.29, 1.82) is 0 Å². The van der Waals surface area contributed by atoms with Gasteiger partial charge < -0.3 is 5.73 Å². The third-order valence-electron chi connectivity index (χ3n) is 2.18. The summed E-state index contributed by atoms with van der Waals surface area (Å²) in [5.41, 5.74) is 5.29. The first-order chi connectivity index (χ1) is 7.88. The summed E-state index contributed by atoms with van der Waals surface area (Å²) in [5, 5.41) is 0. The molecule has 104 valence electrons. The number of benzene rings is 1. The predicted octanol–water partition coefficient (Wildman–Crippen LogP) is 1.32. The highest BCUT2D eigenvalue weighted by Crippen LogP contribution is 2.18. The molecule has 1 aromatic carbocycles. The van der Waals surface area contributed by atoms with E-state index in [4.69, 9.17) is 5.73 Å². The third kappa shape index (κ3) is 4.16. The first-order valence-corrected chi connectivity index (χ1v) is 6.52. The number of nitrogens with two attached hydrogens (primary N) is 1. The normalized spacial score (nSPS) is 11.1. The molecule has 0 saturated carbocycles. The summed E-state index contributed by atoms with van der Waals surface area (Å²) in [6.07, 6.45) is 0.445. The molecule has 1 aromatic rings. The Balaban J connectivity index is 0.00000289. The molecule has 0 amide bonds. The van der Waals surface area contributed by atoms with Crippen LogP contribution in [-0.4, -0.2) is 21.5 Å². The van der Waals surface area contributed by atoms with Crippen molar-refractivity contribution in [3.05, 3.63) is 29.3 Å². The van der Waals surface area contributed by atoms with E-state index in [1.54, 1.807) is 0 Å². The van der Waals surface area contributed by atoms with E-state index in [0.717, 1.165) is 6.07 Å². The van der Waals surface area contributed by atoms with Crippen molar-refractivity contribution >= 4 is 22.4 Å². The first-order valence-electron chi connectivity index (χ1n) is 5.04. The Bertz CT molecular complexity index is 509. The predicted molar refractivity (Wildman–Crippen MR) is 67.2 cm³/mol. The lowest BCUT2D eigenvalue weighted by Gasteiger charge is -2.08. The van der Waals surface area contributed by atoms with Crippen LogP contribution >= 0.6 is 12.4 Å². The fourth-order valence-corrected chi connectivity index (χ4v) is 2.44. The molecule has 0 aliphatic carbocycles. The van der Waals surface area contributed by atoms with Crippen molar-refractivity contribution in [2.75, 3.05) is 13.1 Å². The Morgan fingerprint density at radius 2 is 1.89 bits per heavy atom. The van der Waals surface area contributed by atoms with Crippen LogP contribution in [0.4, 0.5) is 8.78 Å². The lowest BCUT2D eigenvalue weighted by Crippen LogP contribution is -2.27. The van der Waals surface area contributed by atoms with E-state index in [1.807, 2.05) is 0 Å². The monoisotopic (exact) mass is 300 g/mol. The zero-order valence-electron chi connectivity index (χ0n) is 9.74. The van der Waals surface area contributed by atoms with Gasteiger partial charge in [-0.1, -0.05) is 0 Å². The molecule has 0 heterocycles. The van der Waals surface area contributed by atoms with Gasteiger partial charge in [0, 0.05) is 12.6 Å². The standard InChI is InChI=1S/C10H14F2N2O2S.ClH/c1-7-5-10(9(12)6-8(7)11)17(15,16)14-4-2-3-13;/h5-6,14H,2-4,13H2,1H3;1H. The molecule has 0 unspecified atom stereocenters. The maximum absolute atomic E-state index is 13.4. The summed E-state index contributed by atoms with van der Waals surface area (Å²) in [5.74, 6) is -1.88. The van der Waals surface area contributed by atoms with Gasteiger partial charge in [0.05, 0.1) is 0 Å². The van der Waals surface area contributed by atoms with Crippen LogP contribution in [0, 0.1) is 18.6 Å². The number of rotatable bonds is 5. The van der Waals surface area contributed by atoms with Crippen molar-refractivity contribution in [2.24, 2.45) is 5.73 Å². The maximum Gasteiger partial charge on any atom is 0.243 e. The molecule has 0 saturated heterocycles. The smallest absolute Gasteiger partial charge is 0.243 e. The minimum absolute atomic E-state index is 0. The molecule has 0 aliphatic heterocycles. The van der Waals surface area contributed by atoms with Crippen molar-refractivity contribution in [3.8, 4) is 0 Å². The minimum Gasteiger partial charge on any atom is -0.330 e. The first kappa shape index (κ1) is 17.2. The van der Waals surface area contributed by atoms with Crippen molar-refractivity contribution in [2.45, 2.75) is 18.2 Å². The second-order valence-corrected chi connectivity index (χ2v) is 5.31. The highest BCUT2D eigenvalue weighted by molar-refractivity contribution is 7.89. The second-order valence-electron chi connectivity index (χ2n) is 3.57. The van der Waals surface area contributed by atoms with Crippen LogP contribution in [0.5, 0.6) is 0 Å². The summed E-state index contributed by atoms with van der Waals surface area (Å²) in [6, 6.07) is 1.53. The van der Waals surface area contributed by atoms with Gasteiger partial charge >= 0.3 is 0 Å². The quantitative estimate of drug-likeness (QED) is 0.806. The average molecular weight is 301 g/mol. The molecule has 0 radical (unpaired) electrons. The Hall–Kier alpha value is -0.760. The molecule has 0 atom stereocenters. The second kappa shape index (κ2) is 6.98. The van der Waals surface area contributed by atoms with E-state index in [2.05, 4.69) is 4.72 Å². The average Bonchev–Trinajstić information content (AvgIpc) is 2.23. The number of nitrogens with one attached hydrogen (secondary N) is 1. The van der Waals surface area contributed by atoms with Gasteiger partial charge in [-0.2, -0.15) is 0 Å². The van der Waals surface area contributed by atoms with Gasteiger partial charge in [0.1, 0.15) is 16.5 Å². The van der Waals surface area contributed by atoms with Crippen LogP contribution in [0.1, 0.15) is 12.0 Å². The van der Waals surface area contributed by atoms with E-state index in [-0.39, 0.29) is 24.5 Å². The Morgan fingerprint density at radius 1 is 1.28 bits per heavy atom. The van der Waals surface area contributed by atoms with Crippen LogP contribution in [-0.2, 0) is 10.0 Å². The number of aryl methyl sites for hydroxylation is 1. The molecule has 0 bridgehead atoms. The lowest BCUT2D eigenvalue weighted by atomic mass is 10.2. The van der Waals surface area contributed by atoms with Crippen LogP contribution in [0.15, 0.2) is 17.0 Å². The van der Waals surface area contributed by atoms with Crippen LogP contribution in [0.25, 0.3) is 0 Å². The van der Waals surface area contributed by atoms with E-state index >= 15 is 0 Å². The molecule has 0 fully saturated rings. The molecule has 3 N–H and O–H groups in total. The zero-order chi connectivity index (χ0) is 13.1. The Kier molecular flexibility index (Phi) is 6.69. The van der Waals surface area contributed by atoms with Crippen LogP contribution < -0.4 is 10.5 Å². The molecule has 18 heavy (non-hydrogen) atoms. The summed E-state index contributed by atoms with van der Waals surface area (Å²) >= 11 is 0. The zero-order valence-corrected chi connectivity index (χ0v) is 11.4.